The summed E-state index contributed by atoms with van der Waals surface area (Å²) < 4.78 is 19.1. The van der Waals surface area contributed by atoms with Crippen molar-refractivity contribution in [2.24, 2.45) is 0 Å². The standard InChI is InChI=1S/C45H69O3P.O3P/c1-4-7-10-13-16-19-22-25-40-28-34-43(35-29-40)46-49(47-44-36-30-41(31-37-44)26-23-20-17-14-11-8-5-2)48-45-38-32-42(33-39-45)27-24-21-18-15-12-9-6-3;1-4(2)3/h28-39H,4-27H2,1-3H3;/q;-3. The van der Waals surface area contributed by atoms with Gasteiger partial charge in [-0.15, -0.1) is 0 Å². The number of unbranched alkanes of at least 4 members (excludes halogenated alkanes) is 18. The van der Waals surface area contributed by atoms with Crippen LogP contribution in [0.2, 0.25) is 0 Å². The maximum atomic E-state index is 8.48. The Morgan fingerprint density at radius 2 is 0.547 bits per heavy atom. The van der Waals surface area contributed by atoms with Crippen molar-refractivity contribution in [1.29, 1.82) is 0 Å². The molecule has 0 saturated heterocycles. The molecule has 0 aliphatic carbocycles. The highest BCUT2D eigenvalue weighted by Gasteiger charge is 2.20. The summed E-state index contributed by atoms with van der Waals surface area (Å²) in [5, 5.41) is 0. The molecule has 0 atom stereocenters. The van der Waals surface area contributed by atoms with Gasteiger partial charge in [0.2, 0.25) is 0 Å². The third-order valence-electron chi connectivity index (χ3n) is 9.52. The maximum absolute atomic E-state index is 8.48. The number of aryl methyl sites for hydroxylation is 3. The van der Waals surface area contributed by atoms with Gasteiger partial charge in [-0.05, 0) is 91.6 Å². The summed E-state index contributed by atoms with van der Waals surface area (Å²) in [6, 6.07) is 25.5. The van der Waals surface area contributed by atoms with Crippen LogP contribution < -0.4 is 28.3 Å². The maximum Gasteiger partial charge on any atom is 0.530 e. The van der Waals surface area contributed by atoms with Gasteiger partial charge in [0.15, 0.2) is 0 Å². The Morgan fingerprint density at radius 1 is 0.340 bits per heavy atom. The topological polar surface area (TPSA) is 96.9 Å². The van der Waals surface area contributed by atoms with Crippen molar-refractivity contribution < 1.29 is 28.3 Å². The van der Waals surface area contributed by atoms with E-state index in [1.807, 2.05) is 0 Å². The van der Waals surface area contributed by atoms with Crippen LogP contribution in [-0.4, -0.2) is 0 Å². The van der Waals surface area contributed by atoms with Crippen molar-refractivity contribution in [3.8, 4) is 17.2 Å². The number of hydrogen-bond donors (Lipinski definition) is 0. The van der Waals surface area contributed by atoms with Crippen LogP contribution in [0.1, 0.15) is 172 Å². The van der Waals surface area contributed by atoms with Gasteiger partial charge in [0.05, 0.1) is 0 Å². The number of benzene rings is 3. The van der Waals surface area contributed by atoms with E-state index in [-0.39, 0.29) is 0 Å². The van der Waals surface area contributed by atoms with Gasteiger partial charge in [-0.25, -0.2) is 0 Å². The molecule has 6 nitrogen and oxygen atoms in total. The van der Waals surface area contributed by atoms with Gasteiger partial charge in [0.1, 0.15) is 17.2 Å². The van der Waals surface area contributed by atoms with E-state index < -0.39 is 17.2 Å². The summed E-state index contributed by atoms with van der Waals surface area (Å²) >= 11 is 0. The molecule has 0 aliphatic heterocycles. The fourth-order valence-corrected chi connectivity index (χ4v) is 7.32. The summed E-state index contributed by atoms with van der Waals surface area (Å²) in [5.41, 5.74) is 4.08. The van der Waals surface area contributed by atoms with E-state index in [4.69, 9.17) is 28.3 Å². The minimum absolute atomic E-state index is 0.778. The highest BCUT2D eigenvalue weighted by molar-refractivity contribution is 7.43. The Kier molecular flexibility index (Phi) is 28.4. The molecule has 0 saturated carbocycles. The Balaban J connectivity index is 0.00000231. The lowest BCUT2D eigenvalue weighted by molar-refractivity contribution is -0.407. The van der Waals surface area contributed by atoms with Crippen LogP contribution in [0.3, 0.4) is 0 Å². The van der Waals surface area contributed by atoms with Crippen LogP contribution in [-0.2, 0) is 19.3 Å². The van der Waals surface area contributed by atoms with Crippen molar-refractivity contribution >= 4 is 17.2 Å². The lowest BCUT2D eigenvalue weighted by Crippen LogP contribution is -2.18. The van der Waals surface area contributed by atoms with Crippen LogP contribution in [0.4, 0.5) is 0 Å². The summed E-state index contributed by atoms with van der Waals surface area (Å²) in [7, 11) is -5.05. The second-order valence-corrected chi connectivity index (χ2v) is 15.7. The average molecular weight is 768 g/mol. The fraction of sp³-hybridized carbons (Fsp3) is 0.600. The van der Waals surface area contributed by atoms with E-state index in [0.717, 1.165) is 36.5 Å². The molecular weight excluding hydrogens is 698 g/mol. The molecular formula is C45H69O6P2-3. The van der Waals surface area contributed by atoms with E-state index in [1.54, 1.807) is 0 Å². The zero-order valence-corrected chi connectivity index (χ0v) is 35.0. The summed E-state index contributed by atoms with van der Waals surface area (Å²) in [4.78, 5) is 25.4. The largest absolute Gasteiger partial charge is 0.854 e. The van der Waals surface area contributed by atoms with E-state index >= 15 is 0 Å². The van der Waals surface area contributed by atoms with Crippen LogP contribution >= 0.6 is 17.2 Å². The van der Waals surface area contributed by atoms with Gasteiger partial charge in [-0.1, -0.05) is 173 Å². The van der Waals surface area contributed by atoms with Crippen LogP contribution in [0, 0.1) is 0 Å². The number of hydrogen-bond acceptors (Lipinski definition) is 6. The normalized spacial score (nSPS) is 11.1. The molecule has 0 aromatic heterocycles. The van der Waals surface area contributed by atoms with Crippen LogP contribution in [0.5, 0.6) is 17.2 Å². The van der Waals surface area contributed by atoms with E-state index in [0.29, 0.717) is 0 Å². The van der Waals surface area contributed by atoms with Crippen molar-refractivity contribution in [3.05, 3.63) is 89.5 Å². The predicted molar refractivity (Wildman–Crippen MR) is 220 cm³/mol. The summed E-state index contributed by atoms with van der Waals surface area (Å²) in [6.45, 7) is 6.83. The lowest BCUT2D eigenvalue weighted by atomic mass is 10.0. The third kappa shape index (κ3) is 25.5. The smallest absolute Gasteiger partial charge is 0.530 e. The quantitative estimate of drug-likeness (QED) is 0.0495. The molecule has 0 radical (unpaired) electrons. The van der Waals surface area contributed by atoms with Crippen LogP contribution in [0.15, 0.2) is 72.8 Å². The van der Waals surface area contributed by atoms with Crippen LogP contribution in [0.25, 0.3) is 0 Å². The third-order valence-corrected chi connectivity index (χ3v) is 10.6. The average Bonchev–Trinajstić information content (AvgIpc) is 3.15. The molecule has 298 valence electrons. The molecule has 3 aromatic carbocycles. The Morgan fingerprint density at radius 3 is 0.774 bits per heavy atom. The molecule has 0 aliphatic rings. The van der Waals surface area contributed by atoms with Crippen molar-refractivity contribution in [1.82, 2.24) is 0 Å². The minimum atomic E-state index is -3.37. The summed E-state index contributed by atoms with van der Waals surface area (Å²) in [5.74, 6) is 2.33. The monoisotopic (exact) mass is 767 g/mol. The molecule has 0 amide bonds. The zero-order valence-electron chi connectivity index (χ0n) is 33.2. The van der Waals surface area contributed by atoms with E-state index in [1.165, 1.54) is 152 Å². The van der Waals surface area contributed by atoms with Gasteiger partial charge in [-0.2, -0.15) is 0 Å². The van der Waals surface area contributed by atoms with Crippen molar-refractivity contribution in [3.63, 3.8) is 0 Å². The highest BCUT2D eigenvalue weighted by Crippen LogP contribution is 2.42. The van der Waals surface area contributed by atoms with Gasteiger partial charge >= 0.3 is 8.60 Å². The minimum Gasteiger partial charge on any atom is -0.854 e. The molecule has 8 heteroatoms. The molecule has 0 unspecified atom stereocenters. The molecule has 0 N–H and O–H groups in total. The first-order chi connectivity index (χ1) is 25.9. The first-order valence-corrected chi connectivity index (χ1v) is 23.0. The Labute approximate surface area is 326 Å². The first-order valence-electron chi connectivity index (χ1n) is 20.9. The molecule has 0 fully saturated rings. The van der Waals surface area contributed by atoms with E-state index in [2.05, 4.69) is 93.6 Å². The first kappa shape index (κ1) is 47.0. The van der Waals surface area contributed by atoms with Gasteiger partial charge in [0, 0.05) is 0 Å². The molecule has 0 spiro atoms. The Bertz CT molecular complexity index is 1080. The van der Waals surface area contributed by atoms with Gasteiger partial charge in [-0.3, -0.25) is 0 Å². The predicted octanol–water partition coefficient (Wildman–Crippen LogP) is 12.6. The SMILES string of the molecule is CCCCCCCCCc1ccc(OP(Oc2ccc(CCCCCCCCC)cc2)Oc2ccc(CCCCCCCCC)cc2)cc1.[O-]P([O-])[O-]. The Hall–Kier alpha value is -2.20. The van der Waals surface area contributed by atoms with Gasteiger partial charge < -0.3 is 36.9 Å². The van der Waals surface area contributed by atoms with E-state index in [9.17, 15) is 0 Å². The van der Waals surface area contributed by atoms with Crippen molar-refractivity contribution in [2.45, 2.75) is 175 Å². The second-order valence-electron chi connectivity index (χ2n) is 14.3. The van der Waals surface area contributed by atoms with Crippen molar-refractivity contribution in [2.75, 3.05) is 0 Å². The zero-order chi connectivity index (χ0) is 38.2. The molecule has 0 heterocycles. The second kappa shape index (κ2) is 32.1. The summed E-state index contributed by atoms with van der Waals surface area (Å²) in [6.07, 6.45) is 31.3. The molecule has 0 bridgehead atoms. The molecule has 3 rings (SSSR count). The molecule has 53 heavy (non-hydrogen) atoms. The molecule has 3 aromatic rings. The highest BCUT2D eigenvalue weighted by atomic mass is 31.2. The van der Waals surface area contributed by atoms with Gasteiger partial charge in [0.25, 0.3) is 0 Å². The number of rotatable bonds is 30. The lowest BCUT2D eigenvalue weighted by Gasteiger charge is -2.39. The fourth-order valence-electron chi connectivity index (χ4n) is 6.32.